The largest absolute Gasteiger partial charge is 0.386 e. The molecule has 0 spiro atoms. The summed E-state index contributed by atoms with van der Waals surface area (Å²) in [6, 6.07) is 9.71. The van der Waals surface area contributed by atoms with Crippen LogP contribution in [0.3, 0.4) is 0 Å². The summed E-state index contributed by atoms with van der Waals surface area (Å²) in [7, 11) is 0. The van der Waals surface area contributed by atoms with Crippen molar-refractivity contribution < 1.29 is 14.3 Å². The topological polar surface area (TPSA) is 43.4 Å². The van der Waals surface area contributed by atoms with Crippen LogP contribution < -0.4 is 0 Å². The zero-order valence-corrected chi connectivity index (χ0v) is 12.5. The van der Waals surface area contributed by atoms with Gasteiger partial charge in [0.25, 0.3) is 0 Å². The van der Waals surface area contributed by atoms with E-state index in [4.69, 9.17) is 4.74 Å². The third kappa shape index (κ3) is 5.22. The summed E-state index contributed by atoms with van der Waals surface area (Å²) in [6.07, 6.45) is 4.19. The van der Waals surface area contributed by atoms with Crippen molar-refractivity contribution in [2.75, 3.05) is 0 Å². The van der Waals surface area contributed by atoms with Gasteiger partial charge in [0.05, 0.1) is 0 Å². The SMILES string of the molecule is C=C(CC)C(=O)OC(=O)C(=C)C(C)C=Cc1ccccc1. The van der Waals surface area contributed by atoms with E-state index in [1.54, 1.807) is 6.92 Å². The Bertz CT molecular complexity index is 567. The Hall–Kier alpha value is -2.42. The van der Waals surface area contributed by atoms with Gasteiger partial charge in [0, 0.05) is 17.1 Å². The van der Waals surface area contributed by atoms with Crippen LogP contribution in [-0.2, 0) is 14.3 Å². The van der Waals surface area contributed by atoms with E-state index in [-0.39, 0.29) is 17.1 Å². The van der Waals surface area contributed by atoms with E-state index >= 15 is 0 Å². The van der Waals surface area contributed by atoms with Crippen molar-refractivity contribution >= 4 is 18.0 Å². The molecular weight excluding hydrogens is 264 g/mol. The minimum atomic E-state index is -0.709. The summed E-state index contributed by atoms with van der Waals surface area (Å²) < 4.78 is 4.73. The first kappa shape index (κ1) is 16.6. The summed E-state index contributed by atoms with van der Waals surface area (Å²) in [5.74, 6) is -1.62. The summed E-state index contributed by atoms with van der Waals surface area (Å²) in [6.45, 7) is 10.8. The third-order valence-corrected chi connectivity index (χ3v) is 3.09. The Labute approximate surface area is 125 Å². The molecule has 0 radical (unpaired) electrons. The first-order valence-electron chi connectivity index (χ1n) is 6.82. The van der Waals surface area contributed by atoms with E-state index in [9.17, 15) is 9.59 Å². The van der Waals surface area contributed by atoms with Crippen LogP contribution in [0.5, 0.6) is 0 Å². The van der Waals surface area contributed by atoms with Crippen LogP contribution in [0.4, 0.5) is 0 Å². The molecule has 0 heterocycles. The van der Waals surface area contributed by atoms with Crippen molar-refractivity contribution in [2.45, 2.75) is 20.3 Å². The lowest BCUT2D eigenvalue weighted by Crippen LogP contribution is -2.17. The molecule has 0 N–H and O–H groups in total. The van der Waals surface area contributed by atoms with E-state index in [0.717, 1.165) is 5.56 Å². The maximum Gasteiger partial charge on any atom is 0.341 e. The summed E-state index contributed by atoms with van der Waals surface area (Å²) in [5.41, 5.74) is 1.53. The van der Waals surface area contributed by atoms with Crippen LogP contribution in [0, 0.1) is 5.92 Å². The van der Waals surface area contributed by atoms with Crippen molar-refractivity contribution in [3.63, 3.8) is 0 Å². The molecule has 1 unspecified atom stereocenters. The molecule has 3 heteroatoms. The maximum atomic E-state index is 11.8. The minimum Gasteiger partial charge on any atom is -0.386 e. The Kier molecular flexibility index (Phi) is 6.34. The second-order valence-electron chi connectivity index (χ2n) is 4.72. The van der Waals surface area contributed by atoms with Gasteiger partial charge in [-0.05, 0) is 12.0 Å². The maximum absolute atomic E-state index is 11.8. The molecule has 0 fully saturated rings. The fraction of sp³-hybridized carbons (Fsp3) is 0.222. The molecule has 0 saturated heterocycles. The van der Waals surface area contributed by atoms with Crippen LogP contribution in [0.2, 0.25) is 0 Å². The van der Waals surface area contributed by atoms with Gasteiger partial charge in [0.1, 0.15) is 0 Å². The van der Waals surface area contributed by atoms with Gasteiger partial charge < -0.3 is 4.74 Å². The van der Waals surface area contributed by atoms with Gasteiger partial charge in [-0.25, -0.2) is 9.59 Å². The summed E-state index contributed by atoms with van der Waals surface area (Å²) in [4.78, 5) is 23.3. The number of carbonyl (C=O) groups excluding carboxylic acids is 2. The van der Waals surface area contributed by atoms with E-state index in [1.165, 1.54) is 0 Å². The Balaban J connectivity index is 2.62. The van der Waals surface area contributed by atoms with Crippen molar-refractivity contribution in [2.24, 2.45) is 5.92 Å². The number of hydrogen-bond donors (Lipinski definition) is 0. The number of rotatable bonds is 6. The fourth-order valence-corrected chi connectivity index (χ4v) is 1.49. The lowest BCUT2D eigenvalue weighted by atomic mass is 10.0. The van der Waals surface area contributed by atoms with Crippen molar-refractivity contribution in [3.05, 3.63) is 66.3 Å². The summed E-state index contributed by atoms with van der Waals surface area (Å²) >= 11 is 0. The molecule has 0 saturated carbocycles. The molecule has 3 nitrogen and oxygen atoms in total. The highest BCUT2D eigenvalue weighted by Gasteiger charge is 2.18. The smallest absolute Gasteiger partial charge is 0.341 e. The molecule has 1 aromatic rings. The van der Waals surface area contributed by atoms with Crippen molar-refractivity contribution in [1.82, 2.24) is 0 Å². The van der Waals surface area contributed by atoms with Gasteiger partial charge in [-0.1, -0.05) is 69.5 Å². The van der Waals surface area contributed by atoms with Crippen LogP contribution in [0.1, 0.15) is 25.8 Å². The second-order valence-corrected chi connectivity index (χ2v) is 4.72. The van der Waals surface area contributed by atoms with E-state index in [2.05, 4.69) is 13.2 Å². The van der Waals surface area contributed by atoms with Crippen molar-refractivity contribution in [1.29, 1.82) is 0 Å². The molecule has 0 amide bonds. The number of esters is 2. The quantitative estimate of drug-likeness (QED) is 0.451. The molecule has 110 valence electrons. The number of allylic oxidation sites excluding steroid dienone is 1. The van der Waals surface area contributed by atoms with E-state index < -0.39 is 11.9 Å². The standard InChI is InChI=1S/C18H20O3/c1-5-13(2)17(19)21-18(20)15(4)14(3)11-12-16-9-7-6-8-10-16/h6-12,14H,2,4-5H2,1,3H3. The Morgan fingerprint density at radius 2 is 1.81 bits per heavy atom. The van der Waals surface area contributed by atoms with Gasteiger partial charge in [0.2, 0.25) is 0 Å². The Morgan fingerprint density at radius 1 is 1.19 bits per heavy atom. The fourth-order valence-electron chi connectivity index (χ4n) is 1.49. The van der Waals surface area contributed by atoms with Crippen molar-refractivity contribution in [3.8, 4) is 0 Å². The highest BCUT2D eigenvalue weighted by molar-refractivity contribution is 6.01. The predicted octanol–water partition coefficient (Wildman–Crippen LogP) is 3.93. The molecule has 1 aromatic carbocycles. The zero-order chi connectivity index (χ0) is 15.8. The van der Waals surface area contributed by atoms with E-state index in [1.807, 2.05) is 49.4 Å². The highest BCUT2D eigenvalue weighted by Crippen LogP contribution is 2.15. The number of ether oxygens (including phenoxy) is 1. The average molecular weight is 284 g/mol. The van der Waals surface area contributed by atoms with Gasteiger partial charge >= 0.3 is 11.9 Å². The molecule has 1 rings (SSSR count). The van der Waals surface area contributed by atoms with E-state index in [0.29, 0.717) is 6.42 Å². The number of hydrogen-bond acceptors (Lipinski definition) is 3. The Morgan fingerprint density at radius 3 is 2.38 bits per heavy atom. The average Bonchev–Trinajstić information content (AvgIpc) is 2.51. The van der Waals surface area contributed by atoms with Crippen LogP contribution >= 0.6 is 0 Å². The zero-order valence-electron chi connectivity index (χ0n) is 12.5. The number of benzene rings is 1. The normalized spacial score (nSPS) is 11.9. The van der Waals surface area contributed by atoms with Crippen LogP contribution in [0.25, 0.3) is 6.08 Å². The third-order valence-electron chi connectivity index (χ3n) is 3.09. The molecule has 21 heavy (non-hydrogen) atoms. The van der Waals surface area contributed by atoms with Gasteiger partial charge in [-0.3, -0.25) is 0 Å². The lowest BCUT2D eigenvalue weighted by Gasteiger charge is -2.09. The molecule has 1 atom stereocenters. The molecular formula is C18H20O3. The van der Waals surface area contributed by atoms with Crippen LogP contribution in [0.15, 0.2) is 60.7 Å². The monoisotopic (exact) mass is 284 g/mol. The van der Waals surface area contributed by atoms with Gasteiger partial charge in [-0.2, -0.15) is 0 Å². The second kappa shape index (κ2) is 8.00. The van der Waals surface area contributed by atoms with Gasteiger partial charge in [-0.15, -0.1) is 0 Å². The minimum absolute atomic E-state index is 0.222. The van der Waals surface area contributed by atoms with Gasteiger partial charge in [0.15, 0.2) is 0 Å². The summed E-state index contributed by atoms with van der Waals surface area (Å²) in [5, 5.41) is 0. The first-order valence-corrected chi connectivity index (χ1v) is 6.82. The lowest BCUT2D eigenvalue weighted by molar-refractivity contribution is -0.154. The molecule has 0 aliphatic rings. The molecule has 0 aromatic heterocycles. The molecule has 0 bridgehead atoms. The highest BCUT2D eigenvalue weighted by atomic mass is 16.6. The predicted molar refractivity (Wildman–Crippen MR) is 84.3 cm³/mol. The number of carbonyl (C=O) groups is 2. The molecule has 0 aliphatic heterocycles. The van der Waals surface area contributed by atoms with Crippen LogP contribution in [-0.4, -0.2) is 11.9 Å². The molecule has 0 aliphatic carbocycles. The first-order chi connectivity index (χ1) is 9.95.